The van der Waals surface area contributed by atoms with Gasteiger partial charge in [-0.1, -0.05) is 24.3 Å². The number of anilines is 1. The van der Waals surface area contributed by atoms with E-state index in [1.165, 1.54) is 11.1 Å². The highest BCUT2D eigenvalue weighted by molar-refractivity contribution is 7.12. The van der Waals surface area contributed by atoms with Crippen LogP contribution in [0.15, 0.2) is 65.1 Å². The average Bonchev–Trinajstić information content (AvgIpc) is 3.48. The second kappa shape index (κ2) is 9.18. The minimum Gasteiger partial charge on any atom is -0.493 e. The lowest BCUT2D eigenvalue weighted by Gasteiger charge is -2.23. The van der Waals surface area contributed by atoms with Crippen molar-refractivity contribution >= 4 is 28.6 Å². The van der Waals surface area contributed by atoms with Gasteiger partial charge in [0.1, 0.15) is 5.82 Å². The summed E-state index contributed by atoms with van der Waals surface area (Å²) in [5.41, 5.74) is 2.00. The van der Waals surface area contributed by atoms with Gasteiger partial charge in [-0.3, -0.25) is 4.79 Å². The fourth-order valence-corrected chi connectivity index (χ4v) is 4.23. The fourth-order valence-electron chi connectivity index (χ4n) is 3.51. The Morgan fingerprint density at radius 2 is 1.97 bits per heavy atom. The summed E-state index contributed by atoms with van der Waals surface area (Å²) in [6.45, 7) is -0.0774. The fraction of sp³-hybridized carbons (Fsp3) is 0.217. The number of hydrazone groups is 1. The lowest BCUT2D eigenvalue weighted by molar-refractivity contribution is -0.131. The Hall–Kier alpha value is -3.39. The minimum absolute atomic E-state index is 0.0774. The number of ether oxygens (including phenoxy) is 2. The molecule has 6 nitrogen and oxygen atoms in total. The van der Waals surface area contributed by atoms with Gasteiger partial charge in [0.2, 0.25) is 0 Å². The monoisotopic (exact) mass is 439 g/mol. The van der Waals surface area contributed by atoms with Crippen molar-refractivity contribution in [2.24, 2.45) is 5.10 Å². The summed E-state index contributed by atoms with van der Waals surface area (Å²) < 4.78 is 24.7. The molecule has 0 saturated carbocycles. The number of methoxy groups -OCH3 is 2. The standard InChI is InChI=1S/C23H22FN3O3S/c1-29-20-10-9-15(12-21(20)30-2)19-13-18(22-8-5-11-31-22)26-27(19)23(28)14-25-17-7-4-3-6-16(17)24/h3-12,19,25H,13-14H2,1-2H3. The van der Waals surface area contributed by atoms with E-state index in [1.54, 1.807) is 43.8 Å². The van der Waals surface area contributed by atoms with Crippen molar-refractivity contribution in [1.29, 1.82) is 0 Å². The van der Waals surface area contributed by atoms with Crippen LogP contribution in [0.1, 0.15) is 22.9 Å². The number of hydrogen-bond donors (Lipinski definition) is 1. The molecule has 1 aromatic heterocycles. The van der Waals surface area contributed by atoms with Gasteiger partial charge in [0, 0.05) is 6.42 Å². The summed E-state index contributed by atoms with van der Waals surface area (Å²) in [5.74, 6) is 0.537. The maximum absolute atomic E-state index is 13.9. The van der Waals surface area contributed by atoms with E-state index in [0.29, 0.717) is 17.9 Å². The third-order valence-corrected chi connectivity index (χ3v) is 5.99. The first-order chi connectivity index (χ1) is 15.1. The highest BCUT2D eigenvalue weighted by Gasteiger charge is 2.33. The van der Waals surface area contributed by atoms with Crippen molar-refractivity contribution in [3.05, 3.63) is 76.2 Å². The Labute approximate surface area is 183 Å². The van der Waals surface area contributed by atoms with Crippen molar-refractivity contribution in [3.8, 4) is 11.5 Å². The molecule has 0 radical (unpaired) electrons. The maximum atomic E-state index is 13.9. The van der Waals surface area contributed by atoms with Crippen LogP contribution in [0.5, 0.6) is 11.5 Å². The van der Waals surface area contributed by atoms with Crippen LogP contribution in [0, 0.1) is 5.82 Å². The quantitative estimate of drug-likeness (QED) is 0.580. The molecule has 1 N–H and O–H groups in total. The van der Waals surface area contributed by atoms with Crippen LogP contribution in [-0.4, -0.2) is 37.4 Å². The number of nitrogens with zero attached hydrogens (tertiary/aromatic N) is 2. The predicted octanol–water partition coefficient (Wildman–Crippen LogP) is 4.69. The Morgan fingerprint density at radius 3 is 2.68 bits per heavy atom. The molecule has 0 saturated heterocycles. The van der Waals surface area contributed by atoms with Gasteiger partial charge in [-0.25, -0.2) is 9.40 Å². The van der Waals surface area contributed by atoms with Gasteiger partial charge in [0.25, 0.3) is 5.91 Å². The zero-order valence-electron chi connectivity index (χ0n) is 17.2. The lowest BCUT2D eigenvalue weighted by Crippen LogP contribution is -2.32. The predicted molar refractivity (Wildman–Crippen MR) is 119 cm³/mol. The maximum Gasteiger partial charge on any atom is 0.262 e. The zero-order chi connectivity index (χ0) is 21.8. The highest BCUT2D eigenvalue weighted by Crippen LogP contribution is 2.37. The van der Waals surface area contributed by atoms with E-state index in [4.69, 9.17) is 9.47 Å². The minimum atomic E-state index is -0.407. The molecule has 1 amide bonds. The first kappa shape index (κ1) is 20.9. The van der Waals surface area contributed by atoms with E-state index < -0.39 is 5.82 Å². The van der Waals surface area contributed by atoms with Gasteiger partial charge in [-0.05, 0) is 41.3 Å². The van der Waals surface area contributed by atoms with E-state index in [2.05, 4.69) is 10.4 Å². The number of amides is 1. The Kier molecular flexibility index (Phi) is 6.18. The molecule has 8 heteroatoms. The molecule has 1 atom stereocenters. The molecule has 1 aliphatic heterocycles. The SMILES string of the molecule is COc1ccc(C2CC(c3cccs3)=NN2C(=O)CNc2ccccc2F)cc1OC. The summed E-state index contributed by atoms with van der Waals surface area (Å²) in [4.78, 5) is 14.1. The number of thiophene rings is 1. The number of hydrogen-bond acceptors (Lipinski definition) is 6. The number of rotatable bonds is 7. The van der Waals surface area contributed by atoms with E-state index in [-0.39, 0.29) is 24.2 Å². The number of halogens is 1. The van der Waals surface area contributed by atoms with Crippen LogP contribution in [0.3, 0.4) is 0 Å². The summed E-state index contributed by atoms with van der Waals surface area (Å²) in [6.07, 6.45) is 0.571. The average molecular weight is 440 g/mol. The topological polar surface area (TPSA) is 63.2 Å². The smallest absolute Gasteiger partial charge is 0.262 e. The number of carbonyl (C=O) groups is 1. The number of benzene rings is 2. The van der Waals surface area contributed by atoms with Gasteiger partial charge in [0.05, 0.1) is 43.1 Å². The molecule has 1 unspecified atom stereocenters. The second-order valence-electron chi connectivity index (χ2n) is 6.93. The summed E-state index contributed by atoms with van der Waals surface area (Å²) in [7, 11) is 3.15. The molecule has 160 valence electrons. The van der Waals surface area contributed by atoms with Crippen molar-refractivity contribution in [2.75, 3.05) is 26.1 Å². The molecule has 0 aliphatic carbocycles. The van der Waals surface area contributed by atoms with Crippen LogP contribution in [-0.2, 0) is 4.79 Å². The zero-order valence-corrected chi connectivity index (χ0v) is 18.0. The molecule has 4 rings (SSSR count). The van der Waals surface area contributed by atoms with E-state index in [0.717, 1.165) is 16.2 Å². The van der Waals surface area contributed by atoms with Crippen LogP contribution >= 0.6 is 11.3 Å². The van der Waals surface area contributed by atoms with Crippen molar-refractivity contribution in [1.82, 2.24) is 5.01 Å². The molecule has 2 heterocycles. The summed E-state index contributed by atoms with van der Waals surface area (Å²) in [5, 5.41) is 11.0. The van der Waals surface area contributed by atoms with E-state index in [1.807, 2.05) is 35.7 Å². The van der Waals surface area contributed by atoms with Crippen LogP contribution < -0.4 is 14.8 Å². The summed E-state index contributed by atoms with van der Waals surface area (Å²) >= 11 is 1.58. The second-order valence-corrected chi connectivity index (χ2v) is 7.88. The van der Waals surface area contributed by atoms with Gasteiger partial charge < -0.3 is 14.8 Å². The van der Waals surface area contributed by atoms with Crippen LogP contribution in [0.4, 0.5) is 10.1 Å². The van der Waals surface area contributed by atoms with Gasteiger partial charge in [-0.2, -0.15) is 5.10 Å². The van der Waals surface area contributed by atoms with Crippen LogP contribution in [0.25, 0.3) is 0 Å². The molecular weight excluding hydrogens is 417 g/mol. The van der Waals surface area contributed by atoms with Crippen LogP contribution in [0.2, 0.25) is 0 Å². The highest BCUT2D eigenvalue weighted by atomic mass is 32.1. The largest absolute Gasteiger partial charge is 0.493 e. The number of carbonyl (C=O) groups excluding carboxylic acids is 1. The molecule has 31 heavy (non-hydrogen) atoms. The number of para-hydroxylation sites is 1. The van der Waals surface area contributed by atoms with Gasteiger partial charge in [-0.15, -0.1) is 11.3 Å². The molecule has 3 aromatic rings. The van der Waals surface area contributed by atoms with Crippen molar-refractivity contribution in [3.63, 3.8) is 0 Å². The molecule has 0 fully saturated rings. The lowest BCUT2D eigenvalue weighted by atomic mass is 10.0. The Morgan fingerprint density at radius 1 is 1.16 bits per heavy atom. The molecule has 0 bridgehead atoms. The molecule has 1 aliphatic rings. The first-order valence-corrected chi connectivity index (χ1v) is 10.6. The molecule has 0 spiro atoms. The normalized spacial score (nSPS) is 15.5. The van der Waals surface area contributed by atoms with Gasteiger partial charge >= 0.3 is 0 Å². The first-order valence-electron chi connectivity index (χ1n) is 9.74. The van der Waals surface area contributed by atoms with Gasteiger partial charge in [0.15, 0.2) is 11.5 Å². The Bertz CT molecular complexity index is 1100. The van der Waals surface area contributed by atoms with Crippen molar-refractivity contribution < 1.29 is 18.7 Å². The van der Waals surface area contributed by atoms with Crippen molar-refractivity contribution in [2.45, 2.75) is 12.5 Å². The summed E-state index contributed by atoms with van der Waals surface area (Å²) in [6, 6.07) is 15.5. The Balaban J connectivity index is 1.61. The molecule has 2 aromatic carbocycles. The third-order valence-electron chi connectivity index (χ3n) is 5.07. The van der Waals surface area contributed by atoms with E-state index >= 15 is 0 Å². The third kappa shape index (κ3) is 4.39. The molecular formula is C23H22FN3O3S. The number of nitrogens with one attached hydrogen (secondary N) is 1. The van der Waals surface area contributed by atoms with E-state index in [9.17, 15) is 9.18 Å².